The Hall–Kier alpha value is -10.7. The number of hydrogen-bond donors (Lipinski definition) is 0. The third-order valence-electron chi connectivity index (χ3n) is 22.2. The van der Waals surface area contributed by atoms with Crippen molar-refractivity contribution in [1.82, 2.24) is 29.9 Å². The van der Waals surface area contributed by atoms with E-state index in [1.54, 1.807) is 42.9 Å². The van der Waals surface area contributed by atoms with Crippen LogP contribution in [0.2, 0.25) is 72.0 Å². The van der Waals surface area contributed by atoms with Crippen molar-refractivity contribution in [2.45, 2.75) is 81.8 Å². The van der Waals surface area contributed by atoms with Crippen LogP contribution in [0.3, 0.4) is 0 Å². The third kappa shape index (κ3) is 20.5. The van der Waals surface area contributed by atoms with Gasteiger partial charge in [-0.3, -0.25) is 0 Å². The molecule has 20 rings (SSSR count). The quantitative estimate of drug-likeness (QED) is 0.0930. The number of fused-ring (bicyclic) bond motifs is 9. The molecule has 0 unspecified atom stereocenters. The number of benzene rings is 11. The topological polar surface area (TPSA) is 111 Å². The molecule has 0 saturated carbocycles. The molecule has 3 aliphatic heterocycles. The maximum Gasteiger partial charge on any atom is 0.189 e. The van der Waals surface area contributed by atoms with Crippen molar-refractivity contribution in [1.29, 1.82) is 0 Å². The van der Waals surface area contributed by atoms with Gasteiger partial charge in [0.2, 0.25) is 0 Å². The summed E-state index contributed by atoms with van der Waals surface area (Å²) in [5, 5.41) is 12.8. The molecule has 0 bridgehead atoms. The maximum atomic E-state index is 12.8. The van der Waals surface area contributed by atoms with Crippen LogP contribution >= 0.6 is 0 Å². The molecule has 3 radical (unpaired) electrons. The second-order valence-corrected chi connectivity index (χ2v) is 58.9. The molecule has 17 aromatic rings. The first-order chi connectivity index (χ1) is 58.5. The van der Waals surface area contributed by atoms with Crippen molar-refractivity contribution in [3.05, 3.63) is 407 Å². The van der Waals surface area contributed by atoms with Crippen LogP contribution < -0.4 is 46.7 Å². The fourth-order valence-electron chi connectivity index (χ4n) is 15.6. The van der Waals surface area contributed by atoms with Crippen molar-refractivity contribution >= 4 is 96.9 Å². The Morgan fingerprint density at radius 2 is 0.597 bits per heavy atom. The van der Waals surface area contributed by atoms with Crippen molar-refractivity contribution < 1.29 is 68.7 Å². The van der Waals surface area contributed by atoms with Gasteiger partial charge in [-0.25, -0.2) is 8.42 Å². The minimum Gasteiger partial charge on any atom is -0.305 e. The molecular weight excluding hydrogens is 2150 g/mol. The van der Waals surface area contributed by atoms with Crippen molar-refractivity contribution in [3.63, 3.8) is 0 Å². The largest absolute Gasteiger partial charge is 0.305 e. The molecule has 0 spiro atoms. The zero-order chi connectivity index (χ0) is 84.4. The first kappa shape index (κ1) is 92.5. The fraction of sp³-hybridized carbons (Fsp3) is 0.103. The van der Waals surface area contributed by atoms with E-state index in [-0.39, 0.29) is 60.3 Å². The Balaban J connectivity index is 0.000000142. The van der Waals surface area contributed by atoms with Crippen LogP contribution in [-0.2, 0) is 70.2 Å². The summed E-state index contributed by atoms with van der Waals surface area (Å²) in [4.78, 5) is 27.6. The Morgan fingerprint density at radius 3 is 0.976 bits per heavy atom. The van der Waals surface area contributed by atoms with Gasteiger partial charge in [0.05, 0.1) is 37.2 Å². The van der Waals surface area contributed by atoms with Gasteiger partial charge in [-0.1, -0.05) is 305 Å². The van der Waals surface area contributed by atoms with Gasteiger partial charge in [0, 0.05) is 97.5 Å². The van der Waals surface area contributed by atoms with Gasteiger partial charge < -0.3 is 29.9 Å². The zero-order valence-corrected chi connectivity index (χ0v) is 84.1. The number of sulfone groups is 1. The predicted molar refractivity (Wildman–Crippen MR) is 516 cm³/mol. The number of hydrogen-bond acceptors (Lipinski definition) is 8. The van der Waals surface area contributed by atoms with Gasteiger partial charge in [0.1, 0.15) is 0 Å². The molecule has 0 aliphatic carbocycles. The Bertz CT molecular complexity index is 6200. The van der Waals surface area contributed by atoms with Crippen LogP contribution in [0.1, 0.15) is 0 Å². The van der Waals surface area contributed by atoms with Crippen molar-refractivity contribution in [2.75, 3.05) is 0 Å². The van der Waals surface area contributed by atoms with Crippen LogP contribution in [0.5, 0.6) is 0 Å². The monoisotopic (exact) mass is 2250 g/mol. The Morgan fingerprint density at radius 1 is 0.266 bits per heavy atom. The van der Waals surface area contributed by atoms with Crippen LogP contribution in [0.25, 0.3) is 101 Å². The van der Waals surface area contributed by atoms with E-state index in [1.807, 2.05) is 152 Å². The number of rotatable bonds is 11. The average Bonchev–Trinajstić information content (AvgIpc) is 1.54. The van der Waals surface area contributed by atoms with Gasteiger partial charge in [-0.05, 0) is 100 Å². The Kier molecular flexibility index (Phi) is 30.2. The summed E-state index contributed by atoms with van der Waals surface area (Å²) in [6.45, 7) is 25.9. The number of nitrogens with zero attached hydrogens (tertiary/aromatic N) is 6. The van der Waals surface area contributed by atoms with Gasteiger partial charge in [-0.2, -0.15) is 0 Å². The molecule has 9 heterocycles. The second kappa shape index (κ2) is 40.5. The van der Waals surface area contributed by atoms with Crippen LogP contribution in [0, 0.1) is 36.4 Å². The van der Waals surface area contributed by atoms with E-state index in [1.165, 1.54) is 68.9 Å². The first-order valence-electron chi connectivity index (χ1n) is 40.8. The zero-order valence-electron chi connectivity index (χ0n) is 71.1. The summed E-state index contributed by atoms with van der Waals surface area (Å²) in [5.74, 6) is 0. The molecule has 0 fully saturated rings. The first-order valence-corrected chi connectivity index (χ1v) is 57.8. The molecule has 3 aliphatic rings. The van der Waals surface area contributed by atoms with E-state index in [4.69, 9.17) is 9.97 Å². The maximum absolute atomic E-state index is 12.8. The molecule has 6 aromatic heterocycles. The summed E-state index contributed by atoms with van der Waals surface area (Å²) in [6, 6.07) is 133. The van der Waals surface area contributed by atoms with Crippen molar-refractivity contribution in [2.24, 2.45) is 0 Å². The van der Waals surface area contributed by atoms with E-state index in [0.29, 0.717) is 15.4 Å². The van der Waals surface area contributed by atoms with E-state index in [9.17, 15) is 8.42 Å². The molecule has 0 saturated heterocycles. The fourth-order valence-corrected chi connectivity index (χ4v) is 28.7. The van der Waals surface area contributed by atoms with Crippen LogP contribution in [0.4, 0.5) is 0 Å². The summed E-state index contributed by atoms with van der Waals surface area (Å²) >= 11 is 0. The van der Waals surface area contributed by atoms with Gasteiger partial charge in [0.15, 0.2) is 17.9 Å². The van der Waals surface area contributed by atoms with Gasteiger partial charge in [-0.15, -0.1) is 189 Å². The molecule has 124 heavy (non-hydrogen) atoms. The van der Waals surface area contributed by atoms with Gasteiger partial charge in [0.25, 0.3) is 0 Å². The van der Waals surface area contributed by atoms with E-state index in [0.717, 1.165) is 73.1 Å². The summed E-state index contributed by atoms with van der Waals surface area (Å²) < 4.78 is 25.6. The second-order valence-electron chi connectivity index (χ2n) is 33.7. The minimum absolute atomic E-state index is 0. The summed E-state index contributed by atoms with van der Waals surface area (Å²) in [5.41, 5.74) is 18.6. The smallest absolute Gasteiger partial charge is 0.189 e. The average molecular weight is 2250 g/mol. The molecule has 8 nitrogen and oxygen atoms in total. The number of pyridine rings is 6. The molecule has 0 amide bonds. The molecule has 17 heteroatoms. The van der Waals surface area contributed by atoms with Crippen molar-refractivity contribution in [3.8, 4) is 101 Å². The molecule has 11 aromatic carbocycles. The SMILES string of the molecule is C[Si](C)(C)c1ccc(-c2[c-]cc3c(c2)S(=O)(=O)c2ccccc2-3)nc1.C[Si](C)(C)c1ccc(-c2[c-]cc3c(c2)[Si](C)(C)c2ccccc2-3)nc1.C[Si](C)(C)c1ccc(-c2[c-]cc3c(c2)[Si](c2ccccc2)(c2ccccc2)c2ccccc2-3)nc1.[Ir].[Ir].[Ir].[c-]1ccccc1-c1ccccn1.[c-]1ccccc1-c1ccccn1.[c-]1ccccc1-c1ccccn1. The summed E-state index contributed by atoms with van der Waals surface area (Å²) in [7, 11) is -11.7. The normalized spacial score (nSPS) is 12.7. The van der Waals surface area contributed by atoms with E-state index < -0.39 is 50.2 Å². The Labute approximate surface area is 778 Å². The number of aromatic nitrogens is 6. The standard InChI is InChI=1S/C32H28NSi2.C22H24NSi2.C20H18NO2SSi.3C11H8N.3Ir/c1-34(2,3)27-19-21-30(33-23-27)24-18-20-29-28-16-10-11-17-31(28)35(32(29)22-24,25-12-6-4-7-13-25)26-14-8-5-9-15-26;1-24(2,3)17-11-13-20(23-15-17)16-10-12-19-18-8-6-7-9-21(18)25(4,5)22(19)14-16;1-25(2,3)15-9-11-18(21-13-15)14-8-10-17-16-6-4-5-7-19(16)24(22,23)20(17)12-14;3*1-2-6-10(7-3-1)11-8-4-5-9-12-11;;;/h4-17,19-23H,1-3H3;6-9,11-15H,1-5H3;4-7,9-13H,1-3H3;3*1-6,8-9H;;;/q6*-1;;;. The van der Waals surface area contributed by atoms with E-state index >= 15 is 0 Å². The van der Waals surface area contributed by atoms with Gasteiger partial charge >= 0.3 is 0 Å². The van der Waals surface area contributed by atoms with Crippen LogP contribution in [-0.4, -0.2) is 78.7 Å². The summed E-state index contributed by atoms with van der Waals surface area (Å²) in [6.07, 6.45) is 11.4. The minimum atomic E-state index is -3.47. The third-order valence-corrected chi connectivity index (χ3v) is 38.6. The molecular formula is C107H94Ir3N6O2SSi5-6. The molecule has 0 atom stereocenters. The predicted octanol–water partition coefficient (Wildman–Crippen LogP) is 19.9. The van der Waals surface area contributed by atoms with Crippen LogP contribution in [0.15, 0.2) is 381 Å². The molecule has 0 N–H and O–H groups in total. The van der Waals surface area contributed by atoms with E-state index in [2.05, 4.69) is 305 Å². The molecule has 623 valence electrons.